The minimum Gasteiger partial charge on any atom is -0.488 e. The summed E-state index contributed by atoms with van der Waals surface area (Å²) in [7, 11) is 2.11. The van der Waals surface area contributed by atoms with Crippen molar-refractivity contribution in [3.8, 4) is 5.75 Å². The van der Waals surface area contributed by atoms with Gasteiger partial charge in [-0.05, 0) is 37.6 Å². The van der Waals surface area contributed by atoms with Crippen LogP contribution in [0, 0.1) is 0 Å². The number of nitrogens with two attached hydrogens (primary N) is 1. The van der Waals surface area contributed by atoms with E-state index >= 15 is 0 Å². The third kappa shape index (κ3) is 2.05. The number of nitrogens with zero attached hydrogens (tertiary/aromatic N) is 1. The molecule has 0 unspecified atom stereocenters. The average molecular weight is 232 g/mol. The third-order valence-electron chi connectivity index (χ3n) is 4.02. The molecule has 3 heteroatoms. The first-order valence-electron chi connectivity index (χ1n) is 6.38. The van der Waals surface area contributed by atoms with E-state index in [-0.39, 0.29) is 5.41 Å². The number of likely N-dealkylation sites (tertiary alicyclic amines) is 1. The Bertz CT molecular complexity index is 408. The number of hydrogen-bond donors (Lipinski definition) is 1. The monoisotopic (exact) mass is 232 g/mol. The first-order chi connectivity index (χ1) is 8.22. The van der Waals surface area contributed by atoms with Gasteiger partial charge in [-0.3, -0.25) is 4.90 Å². The smallest absolute Gasteiger partial charge is 0.124 e. The van der Waals surface area contributed by atoms with Crippen molar-refractivity contribution in [1.82, 2.24) is 4.90 Å². The molecular formula is C14H20N2O. The molecule has 2 aliphatic rings. The Morgan fingerprint density at radius 3 is 2.76 bits per heavy atom. The summed E-state index contributed by atoms with van der Waals surface area (Å²) in [6.07, 6.45) is 2.81. The van der Waals surface area contributed by atoms with Gasteiger partial charge in [-0.2, -0.15) is 0 Å². The lowest BCUT2D eigenvalue weighted by molar-refractivity contribution is 0.0387. The normalized spacial score (nSPS) is 23.2. The molecule has 1 aliphatic carbocycles. The highest BCUT2D eigenvalue weighted by molar-refractivity contribution is 5.38. The number of likely N-dealkylation sites (N-methyl/N-ethyl adjacent to an activating group) is 1. The maximum absolute atomic E-state index is 5.95. The van der Waals surface area contributed by atoms with Crippen molar-refractivity contribution in [1.29, 1.82) is 0 Å². The lowest BCUT2D eigenvalue weighted by Gasteiger charge is -2.36. The van der Waals surface area contributed by atoms with E-state index < -0.39 is 0 Å². The van der Waals surface area contributed by atoms with Crippen LogP contribution in [0.1, 0.15) is 18.4 Å². The van der Waals surface area contributed by atoms with Gasteiger partial charge in [0.15, 0.2) is 0 Å². The van der Waals surface area contributed by atoms with Gasteiger partial charge in [0.2, 0.25) is 0 Å². The molecule has 2 N–H and O–H groups in total. The SMILES string of the molecule is CN1CC(Oc2cccc(C3(CN)CC3)c2)C1. The summed E-state index contributed by atoms with van der Waals surface area (Å²) >= 11 is 0. The number of hydrogen-bond acceptors (Lipinski definition) is 3. The fourth-order valence-corrected chi connectivity index (χ4v) is 2.57. The fourth-order valence-electron chi connectivity index (χ4n) is 2.57. The van der Waals surface area contributed by atoms with Crippen molar-refractivity contribution < 1.29 is 4.74 Å². The van der Waals surface area contributed by atoms with Gasteiger partial charge in [-0.1, -0.05) is 12.1 Å². The molecule has 3 nitrogen and oxygen atoms in total. The molecule has 0 amide bonds. The van der Waals surface area contributed by atoms with E-state index in [1.807, 2.05) is 0 Å². The second-order valence-corrected chi connectivity index (χ2v) is 5.47. The predicted molar refractivity (Wildman–Crippen MR) is 68.3 cm³/mol. The second-order valence-electron chi connectivity index (χ2n) is 5.47. The highest BCUT2D eigenvalue weighted by atomic mass is 16.5. The van der Waals surface area contributed by atoms with Gasteiger partial charge >= 0.3 is 0 Å². The zero-order valence-electron chi connectivity index (χ0n) is 10.4. The van der Waals surface area contributed by atoms with Crippen molar-refractivity contribution in [2.75, 3.05) is 26.7 Å². The van der Waals surface area contributed by atoms with Gasteiger partial charge in [-0.15, -0.1) is 0 Å². The molecule has 0 radical (unpaired) electrons. The van der Waals surface area contributed by atoms with E-state index in [0.717, 1.165) is 25.4 Å². The van der Waals surface area contributed by atoms with Gasteiger partial charge in [0.05, 0.1) is 0 Å². The Hall–Kier alpha value is -1.06. The number of ether oxygens (including phenoxy) is 1. The summed E-state index contributed by atoms with van der Waals surface area (Å²) in [5.74, 6) is 1.00. The topological polar surface area (TPSA) is 38.5 Å². The Morgan fingerprint density at radius 2 is 2.18 bits per heavy atom. The maximum atomic E-state index is 5.95. The third-order valence-corrected chi connectivity index (χ3v) is 4.02. The van der Waals surface area contributed by atoms with Crippen LogP contribution in [-0.2, 0) is 5.41 Å². The highest BCUT2D eigenvalue weighted by Gasteiger charge is 2.43. The Kier molecular flexibility index (Phi) is 2.60. The van der Waals surface area contributed by atoms with Crippen molar-refractivity contribution in [2.45, 2.75) is 24.4 Å². The molecule has 1 heterocycles. The van der Waals surface area contributed by atoms with Crippen LogP contribution in [-0.4, -0.2) is 37.7 Å². The number of benzene rings is 1. The quantitative estimate of drug-likeness (QED) is 0.852. The number of rotatable bonds is 4. The molecule has 2 fully saturated rings. The largest absolute Gasteiger partial charge is 0.488 e. The standard InChI is InChI=1S/C14H20N2O/c1-16-8-13(9-16)17-12-4-2-3-11(7-12)14(10-15)5-6-14/h2-4,7,13H,5-6,8-10,15H2,1H3. The molecule has 0 spiro atoms. The molecule has 1 aromatic carbocycles. The summed E-state index contributed by atoms with van der Waals surface area (Å²) in [4.78, 5) is 2.26. The molecular weight excluding hydrogens is 212 g/mol. The lowest BCUT2D eigenvalue weighted by Crippen LogP contribution is -2.51. The highest BCUT2D eigenvalue weighted by Crippen LogP contribution is 2.47. The molecule has 0 atom stereocenters. The van der Waals surface area contributed by atoms with Crippen LogP contribution in [0.4, 0.5) is 0 Å². The average Bonchev–Trinajstić information content (AvgIpc) is 3.08. The van der Waals surface area contributed by atoms with Crippen molar-refractivity contribution in [3.63, 3.8) is 0 Å². The minimum absolute atomic E-state index is 0.260. The summed E-state index contributed by atoms with van der Waals surface area (Å²) in [5, 5.41) is 0. The zero-order valence-corrected chi connectivity index (χ0v) is 10.4. The van der Waals surface area contributed by atoms with Gasteiger partial charge in [0.1, 0.15) is 11.9 Å². The second kappa shape index (κ2) is 4.00. The minimum atomic E-state index is 0.260. The van der Waals surface area contributed by atoms with Crippen LogP contribution in [0.25, 0.3) is 0 Å². The van der Waals surface area contributed by atoms with Crippen molar-refractivity contribution >= 4 is 0 Å². The van der Waals surface area contributed by atoms with Gasteiger partial charge < -0.3 is 10.5 Å². The zero-order chi connectivity index (χ0) is 11.9. The molecule has 1 aromatic rings. The van der Waals surface area contributed by atoms with Crippen LogP contribution < -0.4 is 10.5 Å². The fraction of sp³-hybridized carbons (Fsp3) is 0.571. The first kappa shape index (κ1) is 11.1. The molecule has 0 bridgehead atoms. The molecule has 17 heavy (non-hydrogen) atoms. The van der Waals surface area contributed by atoms with E-state index in [1.54, 1.807) is 0 Å². The Labute approximate surface area is 103 Å². The van der Waals surface area contributed by atoms with Crippen LogP contribution in [0.5, 0.6) is 5.75 Å². The van der Waals surface area contributed by atoms with Gasteiger partial charge in [0.25, 0.3) is 0 Å². The molecule has 1 saturated carbocycles. The predicted octanol–water partition coefficient (Wildman–Crippen LogP) is 1.37. The molecule has 0 aromatic heterocycles. The van der Waals surface area contributed by atoms with Crippen LogP contribution >= 0.6 is 0 Å². The molecule has 92 valence electrons. The summed E-state index contributed by atoms with van der Waals surface area (Å²) < 4.78 is 5.95. The summed E-state index contributed by atoms with van der Waals surface area (Å²) in [6, 6.07) is 8.50. The Morgan fingerprint density at radius 1 is 1.41 bits per heavy atom. The Balaban J connectivity index is 1.71. The van der Waals surface area contributed by atoms with E-state index in [2.05, 4.69) is 36.2 Å². The molecule has 3 rings (SSSR count). The van der Waals surface area contributed by atoms with E-state index in [9.17, 15) is 0 Å². The summed E-state index contributed by atoms with van der Waals surface area (Å²) in [5.41, 5.74) is 7.47. The lowest BCUT2D eigenvalue weighted by atomic mass is 9.96. The van der Waals surface area contributed by atoms with Crippen LogP contribution in [0.3, 0.4) is 0 Å². The van der Waals surface area contributed by atoms with E-state index in [0.29, 0.717) is 6.10 Å². The molecule has 1 aliphatic heterocycles. The molecule has 1 saturated heterocycles. The van der Waals surface area contributed by atoms with E-state index in [4.69, 9.17) is 10.5 Å². The van der Waals surface area contributed by atoms with Crippen LogP contribution in [0.15, 0.2) is 24.3 Å². The maximum Gasteiger partial charge on any atom is 0.124 e. The van der Waals surface area contributed by atoms with Gasteiger partial charge in [0, 0.05) is 25.0 Å². The summed E-state index contributed by atoms with van der Waals surface area (Å²) in [6.45, 7) is 2.82. The van der Waals surface area contributed by atoms with Crippen LogP contribution in [0.2, 0.25) is 0 Å². The van der Waals surface area contributed by atoms with E-state index in [1.165, 1.54) is 18.4 Å². The van der Waals surface area contributed by atoms with Gasteiger partial charge in [-0.25, -0.2) is 0 Å². The van der Waals surface area contributed by atoms with Crippen molar-refractivity contribution in [3.05, 3.63) is 29.8 Å². The first-order valence-corrected chi connectivity index (χ1v) is 6.38. The van der Waals surface area contributed by atoms with Crippen molar-refractivity contribution in [2.24, 2.45) is 5.73 Å².